The third-order valence-electron chi connectivity index (χ3n) is 5.00. The summed E-state index contributed by atoms with van der Waals surface area (Å²) in [5.74, 6) is 1.56. The summed E-state index contributed by atoms with van der Waals surface area (Å²) in [5, 5.41) is 9.70. The van der Waals surface area contributed by atoms with Crippen LogP contribution >= 0.6 is 0 Å². The minimum absolute atomic E-state index is 0.415. The van der Waals surface area contributed by atoms with Crippen LogP contribution in [0, 0.1) is 23.2 Å². The second kappa shape index (κ2) is 4.02. The lowest BCUT2D eigenvalue weighted by molar-refractivity contribution is -0.156. The summed E-state index contributed by atoms with van der Waals surface area (Å²) in [7, 11) is 1.33. The number of fused-ring (bicyclic) bond motifs is 2. The Morgan fingerprint density at radius 3 is 2.69 bits per heavy atom. The van der Waals surface area contributed by atoms with Crippen LogP contribution in [-0.4, -0.2) is 24.3 Å². The molecule has 0 aromatic heterocycles. The molecule has 4 atom stereocenters. The van der Waals surface area contributed by atoms with Crippen molar-refractivity contribution in [3.05, 3.63) is 0 Å². The number of carbonyl (C=O) groups excluding carboxylic acids is 1. The molecule has 0 aliphatic heterocycles. The van der Waals surface area contributed by atoms with Gasteiger partial charge in [0.05, 0.1) is 7.11 Å². The van der Waals surface area contributed by atoms with Crippen molar-refractivity contribution in [3.63, 3.8) is 0 Å². The maximum Gasteiger partial charge on any atom is 0.334 e. The van der Waals surface area contributed by atoms with Crippen molar-refractivity contribution in [2.75, 3.05) is 7.11 Å². The van der Waals surface area contributed by atoms with Crippen LogP contribution in [0.5, 0.6) is 0 Å². The molecule has 0 radical (unpaired) electrons. The average Bonchev–Trinajstić information content (AvgIpc) is 2.27. The quantitative estimate of drug-likeness (QED) is 0.748. The van der Waals surface area contributed by atoms with Gasteiger partial charge in [-0.2, -0.15) is 0 Å². The van der Waals surface area contributed by atoms with Crippen LogP contribution in [0.25, 0.3) is 0 Å². The summed E-state index contributed by atoms with van der Waals surface area (Å²) < 4.78 is 4.56. The van der Waals surface area contributed by atoms with Crippen LogP contribution in [0.4, 0.5) is 0 Å². The predicted molar refractivity (Wildman–Crippen MR) is 60.7 cm³/mol. The third kappa shape index (κ3) is 1.75. The SMILES string of the molecule is COC(=O)C(O)CC1CC[C@H]2C[C@@H]1C2(C)C. The average molecular weight is 226 g/mol. The van der Waals surface area contributed by atoms with Crippen LogP contribution in [0.2, 0.25) is 0 Å². The zero-order valence-corrected chi connectivity index (χ0v) is 10.4. The van der Waals surface area contributed by atoms with E-state index in [0.717, 1.165) is 12.3 Å². The Morgan fingerprint density at radius 2 is 2.19 bits per heavy atom. The zero-order chi connectivity index (χ0) is 11.9. The van der Waals surface area contributed by atoms with Gasteiger partial charge in [0.2, 0.25) is 0 Å². The topological polar surface area (TPSA) is 46.5 Å². The van der Waals surface area contributed by atoms with Crippen molar-refractivity contribution in [2.24, 2.45) is 23.2 Å². The van der Waals surface area contributed by atoms with E-state index >= 15 is 0 Å². The largest absolute Gasteiger partial charge is 0.467 e. The fourth-order valence-corrected chi connectivity index (χ4v) is 3.76. The number of rotatable bonds is 3. The van der Waals surface area contributed by atoms with Gasteiger partial charge in [-0.1, -0.05) is 13.8 Å². The second-order valence-corrected chi connectivity index (χ2v) is 5.97. The van der Waals surface area contributed by atoms with Crippen LogP contribution in [0.15, 0.2) is 0 Å². The van der Waals surface area contributed by atoms with Gasteiger partial charge >= 0.3 is 5.97 Å². The number of ether oxygens (including phenoxy) is 1. The summed E-state index contributed by atoms with van der Waals surface area (Å²) in [6, 6.07) is 0. The number of esters is 1. The van der Waals surface area contributed by atoms with E-state index < -0.39 is 12.1 Å². The number of hydrogen-bond acceptors (Lipinski definition) is 3. The van der Waals surface area contributed by atoms with Crippen LogP contribution in [-0.2, 0) is 9.53 Å². The molecule has 2 unspecified atom stereocenters. The molecule has 3 aliphatic carbocycles. The minimum atomic E-state index is -0.928. The molecule has 0 aromatic carbocycles. The van der Waals surface area contributed by atoms with E-state index in [-0.39, 0.29) is 0 Å². The fourth-order valence-electron chi connectivity index (χ4n) is 3.76. The highest BCUT2D eigenvalue weighted by molar-refractivity contribution is 5.74. The number of methoxy groups -OCH3 is 1. The van der Waals surface area contributed by atoms with Gasteiger partial charge in [0, 0.05) is 0 Å². The first-order chi connectivity index (χ1) is 7.46. The van der Waals surface area contributed by atoms with Crippen LogP contribution in [0.3, 0.4) is 0 Å². The monoisotopic (exact) mass is 226 g/mol. The van der Waals surface area contributed by atoms with E-state index in [9.17, 15) is 9.90 Å². The molecule has 3 fully saturated rings. The molecule has 0 heterocycles. The molecule has 1 N–H and O–H groups in total. The summed E-state index contributed by atoms with van der Waals surface area (Å²) >= 11 is 0. The normalized spacial score (nSPS) is 37.4. The predicted octanol–water partition coefficient (Wildman–Crippen LogP) is 1.98. The number of aliphatic hydroxyl groups is 1. The maximum absolute atomic E-state index is 11.2. The lowest BCUT2D eigenvalue weighted by atomic mass is 9.45. The highest BCUT2D eigenvalue weighted by Crippen LogP contribution is 2.62. The van der Waals surface area contributed by atoms with E-state index in [2.05, 4.69) is 18.6 Å². The number of hydrogen-bond donors (Lipinski definition) is 1. The molecule has 0 saturated heterocycles. The first kappa shape index (κ1) is 11.9. The number of carbonyl (C=O) groups is 1. The van der Waals surface area contributed by atoms with Gasteiger partial charge in [-0.3, -0.25) is 0 Å². The Kier molecular flexibility index (Phi) is 2.99. The summed E-state index contributed by atoms with van der Waals surface area (Å²) in [6.07, 6.45) is 3.34. The molecule has 3 heteroatoms. The fraction of sp³-hybridized carbons (Fsp3) is 0.923. The molecule has 3 saturated carbocycles. The molecule has 0 aromatic rings. The summed E-state index contributed by atoms with van der Waals surface area (Å²) in [4.78, 5) is 11.2. The molecule has 2 bridgehead atoms. The van der Waals surface area contributed by atoms with E-state index in [1.807, 2.05) is 0 Å². The lowest BCUT2D eigenvalue weighted by Crippen LogP contribution is -2.53. The lowest BCUT2D eigenvalue weighted by Gasteiger charge is -2.60. The highest BCUT2D eigenvalue weighted by atomic mass is 16.5. The molecule has 3 aliphatic rings. The number of aliphatic hydroxyl groups excluding tert-OH is 1. The Bertz CT molecular complexity index is 283. The van der Waals surface area contributed by atoms with Crippen LogP contribution in [0.1, 0.15) is 39.5 Å². The van der Waals surface area contributed by atoms with Gasteiger partial charge < -0.3 is 9.84 Å². The van der Waals surface area contributed by atoms with E-state index in [0.29, 0.717) is 23.7 Å². The third-order valence-corrected chi connectivity index (χ3v) is 5.00. The van der Waals surface area contributed by atoms with Crippen molar-refractivity contribution in [1.82, 2.24) is 0 Å². The van der Waals surface area contributed by atoms with E-state index in [4.69, 9.17) is 0 Å². The van der Waals surface area contributed by atoms with Crippen molar-refractivity contribution in [3.8, 4) is 0 Å². The summed E-state index contributed by atoms with van der Waals surface area (Å²) in [6.45, 7) is 4.64. The molecule has 92 valence electrons. The molecule has 16 heavy (non-hydrogen) atoms. The van der Waals surface area contributed by atoms with Crippen molar-refractivity contribution in [1.29, 1.82) is 0 Å². The first-order valence-corrected chi connectivity index (χ1v) is 6.22. The molecule has 3 nitrogen and oxygen atoms in total. The van der Waals surface area contributed by atoms with Crippen molar-refractivity contribution >= 4 is 5.97 Å². The van der Waals surface area contributed by atoms with Crippen molar-refractivity contribution < 1.29 is 14.6 Å². The van der Waals surface area contributed by atoms with Gasteiger partial charge in [0.25, 0.3) is 0 Å². The van der Waals surface area contributed by atoms with E-state index in [1.165, 1.54) is 20.0 Å². The van der Waals surface area contributed by atoms with Gasteiger partial charge in [-0.25, -0.2) is 4.79 Å². The first-order valence-electron chi connectivity index (χ1n) is 6.22. The van der Waals surface area contributed by atoms with Crippen LogP contribution < -0.4 is 0 Å². The summed E-state index contributed by atoms with van der Waals surface area (Å²) in [5.41, 5.74) is 0.415. The van der Waals surface area contributed by atoms with Gasteiger partial charge in [-0.05, 0) is 48.9 Å². The Morgan fingerprint density at radius 1 is 1.50 bits per heavy atom. The Balaban J connectivity index is 1.93. The van der Waals surface area contributed by atoms with Crippen molar-refractivity contribution in [2.45, 2.75) is 45.6 Å². The minimum Gasteiger partial charge on any atom is -0.467 e. The molecule has 3 rings (SSSR count). The smallest absolute Gasteiger partial charge is 0.334 e. The molecular formula is C13H22O3. The Labute approximate surface area is 97.2 Å². The zero-order valence-electron chi connectivity index (χ0n) is 10.4. The van der Waals surface area contributed by atoms with Gasteiger partial charge in [0.15, 0.2) is 6.10 Å². The molecular weight excluding hydrogens is 204 g/mol. The molecule has 0 amide bonds. The second-order valence-electron chi connectivity index (χ2n) is 5.97. The Hall–Kier alpha value is -0.570. The standard InChI is InChI=1S/C13H22O3/c1-13(2)9-5-4-8(10(13)7-9)6-11(14)12(15)16-3/h8-11,14H,4-7H2,1-3H3/t8?,9-,10-,11?/m0/s1. The van der Waals surface area contributed by atoms with Gasteiger partial charge in [0.1, 0.15) is 0 Å². The molecule has 0 spiro atoms. The maximum atomic E-state index is 11.2. The highest BCUT2D eigenvalue weighted by Gasteiger charge is 2.54. The van der Waals surface area contributed by atoms with E-state index in [1.54, 1.807) is 0 Å². The van der Waals surface area contributed by atoms with Gasteiger partial charge in [-0.15, -0.1) is 0 Å².